The van der Waals surface area contributed by atoms with E-state index in [4.69, 9.17) is 16.3 Å². The molecule has 4 aliphatic carbocycles. The molecule has 2 bridgehead atoms. The number of aromatic hydroxyl groups is 1. The number of rotatable bonds is 3. The first-order valence-electron chi connectivity index (χ1n) is 8.68. The van der Waals surface area contributed by atoms with Crippen molar-refractivity contribution in [2.45, 2.75) is 6.42 Å². The van der Waals surface area contributed by atoms with Crippen molar-refractivity contribution < 1.29 is 19.4 Å². The predicted octanol–water partition coefficient (Wildman–Crippen LogP) is 2.44. The number of ether oxygens (including phenoxy) is 1. The number of hydrogen-bond acceptors (Lipinski definition) is 5. The first-order valence-corrected chi connectivity index (χ1v) is 9.05. The van der Waals surface area contributed by atoms with E-state index in [0.717, 1.165) is 11.4 Å². The summed E-state index contributed by atoms with van der Waals surface area (Å²) >= 11 is 5.97. The molecule has 1 aliphatic heterocycles. The fourth-order valence-corrected chi connectivity index (χ4v) is 5.22. The van der Waals surface area contributed by atoms with E-state index in [2.05, 4.69) is 17.3 Å². The van der Waals surface area contributed by atoms with Crippen molar-refractivity contribution in [1.82, 2.24) is 5.01 Å². The summed E-state index contributed by atoms with van der Waals surface area (Å²) in [7, 11) is 1.42. The zero-order valence-corrected chi connectivity index (χ0v) is 14.8. The Labute approximate surface area is 155 Å². The Bertz CT molecular complexity index is 860. The standard InChI is InChI=1S/C19H17ClN2O4/c1-26-14-5-8(4-13(20)17(14)23)7-21-22-18(24)15-9-2-3-10(12-6-11(9)12)16(15)19(22)25/h2-5,7,9-12,15-16,23H,6H2,1H3/b21-7+. The highest BCUT2D eigenvalue weighted by Gasteiger charge is 2.67. The molecule has 3 fully saturated rings. The summed E-state index contributed by atoms with van der Waals surface area (Å²) in [5.74, 6) is 0.564. The van der Waals surface area contributed by atoms with Crippen molar-refractivity contribution in [2.24, 2.45) is 40.6 Å². The van der Waals surface area contributed by atoms with E-state index in [9.17, 15) is 14.7 Å². The SMILES string of the molecule is COc1cc(/C=N/N2C(=O)C3C4C=CC(C5CC45)C3C2=O)cc(Cl)c1O. The topological polar surface area (TPSA) is 79.2 Å². The number of amides is 2. The molecule has 1 aromatic rings. The number of hydrazone groups is 1. The average Bonchev–Trinajstić information content (AvgIpc) is 3.41. The Kier molecular flexibility index (Phi) is 3.26. The minimum absolute atomic E-state index is 0.112. The van der Waals surface area contributed by atoms with Crippen LogP contribution in [0.4, 0.5) is 0 Å². The van der Waals surface area contributed by atoms with Gasteiger partial charge in [-0.2, -0.15) is 10.1 Å². The van der Waals surface area contributed by atoms with Crippen LogP contribution in [-0.4, -0.2) is 35.3 Å². The molecule has 1 heterocycles. The summed E-state index contributed by atoms with van der Waals surface area (Å²) in [5, 5.41) is 15.1. The number of carbonyl (C=O) groups is 2. The van der Waals surface area contributed by atoms with Crippen molar-refractivity contribution in [2.75, 3.05) is 7.11 Å². The zero-order valence-electron chi connectivity index (χ0n) is 14.0. The summed E-state index contributed by atoms with van der Waals surface area (Å²) in [4.78, 5) is 25.7. The largest absolute Gasteiger partial charge is 0.503 e. The normalized spacial score (nSPS) is 36.6. The van der Waals surface area contributed by atoms with Gasteiger partial charge in [-0.1, -0.05) is 23.8 Å². The van der Waals surface area contributed by atoms with Gasteiger partial charge in [0.2, 0.25) is 0 Å². The monoisotopic (exact) mass is 372 g/mol. The molecule has 2 saturated carbocycles. The summed E-state index contributed by atoms with van der Waals surface area (Å²) < 4.78 is 5.06. The van der Waals surface area contributed by atoms with Crippen molar-refractivity contribution in [1.29, 1.82) is 0 Å². The molecule has 2 amide bonds. The number of halogens is 1. The van der Waals surface area contributed by atoms with Crippen molar-refractivity contribution >= 4 is 29.6 Å². The number of methoxy groups -OCH3 is 1. The van der Waals surface area contributed by atoms with Gasteiger partial charge in [-0.25, -0.2) is 0 Å². The van der Waals surface area contributed by atoms with Crippen LogP contribution < -0.4 is 4.74 Å². The molecule has 6 rings (SSSR count). The van der Waals surface area contributed by atoms with Crippen molar-refractivity contribution in [3.63, 3.8) is 0 Å². The van der Waals surface area contributed by atoms with E-state index >= 15 is 0 Å². The fourth-order valence-electron chi connectivity index (χ4n) is 5.00. The molecule has 0 spiro atoms. The minimum atomic E-state index is -0.267. The highest BCUT2D eigenvalue weighted by molar-refractivity contribution is 6.32. The molecule has 6 unspecified atom stereocenters. The molecule has 1 N–H and O–H groups in total. The molecule has 6 atom stereocenters. The first-order chi connectivity index (χ1) is 12.5. The number of carbonyl (C=O) groups excluding carboxylic acids is 2. The lowest BCUT2D eigenvalue weighted by atomic mass is 9.63. The highest BCUT2D eigenvalue weighted by Crippen LogP contribution is 2.65. The fraction of sp³-hybridized carbons (Fsp3) is 0.421. The molecule has 26 heavy (non-hydrogen) atoms. The van der Waals surface area contributed by atoms with Crippen LogP contribution in [0.5, 0.6) is 11.5 Å². The summed E-state index contributed by atoms with van der Waals surface area (Å²) in [6.45, 7) is 0. The molecule has 5 aliphatic rings. The number of allylic oxidation sites excluding steroid dienone is 2. The second kappa shape index (κ2) is 5.33. The third-order valence-electron chi connectivity index (χ3n) is 6.23. The van der Waals surface area contributed by atoms with Gasteiger partial charge in [-0.15, -0.1) is 0 Å². The van der Waals surface area contributed by atoms with E-state index in [1.165, 1.54) is 19.4 Å². The van der Waals surface area contributed by atoms with Gasteiger partial charge in [0, 0.05) is 0 Å². The van der Waals surface area contributed by atoms with Gasteiger partial charge in [-0.3, -0.25) is 9.59 Å². The minimum Gasteiger partial charge on any atom is -0.503 e. The molecule has 7 heteroatoms. The first kappa shape index (κ1) is 15.9. The van der Waals surface area contributed by atoms with Crippen LogP contribution in [0.2, 0.25) is 5.02 Å². The van der Waals surface area contributed by atoms with E-state index in [1.807, 2.05) is 0 Å². The number of nitrogens with zero attached hydrogens (tertiary/aromatic N) is 2. The second-order valence-corrected chi connectivity index (χ2v) is 7.85. The van der Waals surface area contributed by atoms with Crippen LogP contribution in [0, 0.1) is 35.5 Å². The third-order valence-corrected chi connectivity index (χ3v) is 6.52. The number of phenols is 1. The highest BCUT2D eigenvalue weighted by atomic mass is 35.5. The Morgan fingerprint density at radius 2 is 1.81 bits per heavy atom. The van der Waals surface area contributed by atoms with Crippen LogP contribution in [0.25, 0.3) is 0 Å². The average molecular weight is 373 g/mol. The van der Waals surface area contributed by atoms with Gasteiger partial charge in [0.1, 0.15) is 0 Å². The van der Waals surface area contributed by atoms with Gasteiger partial charge < -0.3 is 9.84 Å². The number of imide groups is 1. The molecule has 6 nitrogen and oxygen atoms in total. The molecular weight excluding hydrogens is 356 g/mol. The zero-order chi connectivity index (χ0) is 18.2. The molecule has 1 saturated heterocycles. The van der Waals surface area contributed by atoms with Crippen LogP contribution in [0.3, 0.4) is 0 Å². The number of phenolic OH excluding ortho intramolecular Hbond substituents is 1. The molecule has 0 aromatic heterocycles. The lowest BCUT2D eigenvalue weighted by Gasteiger charge is -2.37. The van der Waals surface area contributed by atoms with Gasteiger partial charge >= 0.3 is 0 Å². The van der Waals surface area contributed by atoms with Gasteiger partial charge in [0.25, 0.3) is 11.8 Å². The quantitative estimate of drug-likeness (QED) is 0.502. The Morgan fingerprint density at radius 1 is 1.19 bits per heavy atom. The van der Waals surface area contributed by atoms with E-state index in [-0.39, 0.29) is 52.0 Å². The van der Waals surface area contributed by atoms with Crippen LogP contribution in [0.15, 0.2) is 29.4 Å². The molecule has 134 valence electrons. The lowest BCUT2D eigenvalue weighted by molar-refractivity contribution is -0.140. The van der Waals surface area contributed by atoms with Gasteiger partial charge in [0.15, 0.2) is 11.5 Å². The van der Waals surface area contributed by atoms with Crippen LogP contribution in [0.1, 0.15) is 12.0 Å². The maximum atomic E-state index is 12.8. The Balaban J connectivity index is 1.44. The van der Waals surface area contributed by atoms with Gasteiger partial charge in [0.05, 0.1) is 30.2 Å². The molecule has 1 aromatic carbocycles. The van der Waals surface area contributed by atoms with Crippen molar-refractivity contribution in [3.05, 3.63) is 34.9 Å². The Morgan fingerprint density at radius 3 is 2.38 bits per heavy atom. The van der Waals surface area contributed by atoms with E-state index in [0.29, 0.717) is 17.4 Å². The third kappa shape index (κ3) is 2.02. The molecular formula is C19H17ClN2O4. The summed E-state index contributed by atoms with van der Waals surface area (Å²) in [6.07, 6.45) is 6.79. The summed E-state index contributed by atoms with van der Waals surface area (Å²) in [5.41, 5.74) is 0.532. The van der Waals surface area contributed by atoms with E-state index < -0.39 is 0 Å². The van der Waals surface area contributed by atoms with Crippen molar-refractivity contribution in [3.8, 4) is 11.5 Å². The number of hydrogen-bond donors (Lipinski definition) is 1. The van der Waals surface area contributed by atoms with Crippen LogP contribution >= 0.6 is 11.6 Å². The van der Waals surface area contributed by atoms with Gasteiger partial charge in [-0.05, 0) is 47.8 Å². The lowest BCUT2D eigenvalue weighted by Crippen LogP contribution is -2.40. The molecule has 0 radical (unpaired) electrons. The summed E-state index contributed by atoms with van der Waals surface area (Å²) in [6, 6.07) is 3.05. The smallest absolute Gasteiger partial charge is 0.254 e. The maximum Gasteiger partial charge on any atom is 0.254 e. The number of benzene rings is 1. The van der Waals surface area contributed by atoms with Crippen LogP contribution in [-0.2, 0) is 9.59 Å². The maximum absolute atomic E-state index is 12.8. The predicted molar refractivity (Wildman–Crippen MR) is 93.8 cm³/mol. The van der Waals surface area contributed by atoms with E-state index in [1.54, 1.807) is 6.07 Å². The second-order valence-electron chi connectivity index (χ2n) is 7.44. The Hall–Kier alpha value is -2.34.